The number of hydrogen-bond acceptors (Lipinski definition) is 6. The molecule has 0 spiro atoms. The van der Waals surface area contributed by atoms with E-state index in [-0.39, 0.29) is 12.0 Å². The van der Waals surface area contributed by atoms with Gasteiger partial charge in [0.15, 0.2) is 0 Å². The number of para-hydroxylation sites is 2. The molecule has 1 amide bonds. The van der Waals surface area contributed by atoms with Crippen molar-refractivity contribution >= 4 is 34.7 Å². The number of carbonyl (C=O) groups excluding carboxylic acids is 1. The van der Waals surface area contributed by atoms with Gasteiger partial charge in [-0.05, 0) is 56.3 Å². The van der Waals surface area contributed by atoms with E-state index in [2.05, 4.69) is 25.9 Å². The molecule has 0 aliphatic rings. The second kappa shape index (κ2) is 8.85. The number of aromatic nitrogens is 2. The van der Waals surface area contributed by atoms with Crippen molar-refractivity contribution in [2.24, 2.45) is 0 Å². The van der Waals surface area contributed by atoms with Gasteiger partial charge in [0.2, 0.25) is 11.9 Å². The Bertz CT molecular complexity index is 942. The largest absolute Gasteiger partial charge is 0.489 e. The van der Waals surface area contributed by atoms with Crippen LogP contribution in [0.3, 0.4) is 0 Å². The van der Waals surface area contributed by atoms with Gasteiger partial charge in [-0.15, -0.1) is 0 Å². The normalized spacial score (nSPS) is 10.4. The maximum absolute atomic E-state index is 11.1. The average Bonchev–Trinajstić information content (AvgIpc) is 2.64. The molecule has 0 radical (unpaired) electrons. The van der Waals surface area contributed by atoms with Crippen LogP contribution in [0.1, 0.15) is 20.8 Å². The van der Waals surface area contributed by atoms with Gasteiger partial charge in [0.05, 0.1) is 11.8 Å². The third-order valence-electron chi connectivity index (χ3n) is 3.63. The first-order valence-electron chi connectivity index (χ1n) is 9.00. The molecule has 0 aliphatic carbocycles. The summed E-state index contributed by atoms with van der Waals surface area (Å²) in [6.07, 6.45) is 1.75. The van der Waals surface area contributed by atoms with E-state index in [1.165, 1.54) is 6.92 Å². The number of amides is 1. The number of carbonyl (C=O) groups is 1. The molecular weight excluding hydrogens is 354 g/mol. The molecule has 0 saturated carbocycles. The van der Waals surface area contributed by atoms with E-state index in [1.54, 1.807) is 12.3 Å². The highest BCUT2D eigenvalue weighted by molar-refractivity contribution is 5.88. The summed E-state index contributed by atoms with van der Waals surface area (Å²) >= 11 is 0. The first kappa shape index (κ1) is 19.2. The van der Waals surface area contributed by atoms with E-state index < -0.39 is 0 Å². The summed E-state index contributed by atoms with van der Waals surface area (Å²) in [5, 5.41) is 9.15. The molecule has 7 heteroatoms. The van der Waals surface area contributed by atoms with Gasteiger partial charge >= 0.3 is 0 Å². The summed E-state index contributed by atoms with van der Waals surface area (Å²) in [6.45, 7) is 5.45. The predicted molar refractivity (Wildman–Crippen MR) is 112 cm³/mol. The van der Waals surface area contributed by atoms with Crippen LogP contribution in [0.2, 0.25) is 0 Å². The van der Waals surface area contributed by atoms with Crippen LogP contribution in [0, 0.1) is 0 Å². The molecule has 1 aromatic heterocycles. The standard InChI is InChI=1S/C21H23N5O2/c1-14(2)28-19-7-5-4-6-18(19)25-20-12-13-22-21(26-20)24-17-10-8-16(9-11-17)23-15(3)27/h4-14H,1-3H3,(H,23,27)(H2,22,24,25,26). The first-order chi connectivity index (χ1) is 13.5. The summed E-state index contributed by atoms with van der Waals surface area (Å²) in [6, 6.07) is 16.8. The Morgan fingerprint density at radius 1 is 0.964 bits per heavy atom. The van der Waals surface area contributed by atoms with Crippen molar-refractivity contribution in [3.8, 4) is 5.75 Å². The quantitative estimate of drug-likeness (QED) is 0.553. The van der Waals surface area contributed by atoms with Crippen molar-refractivity contribution in [3.05, 3.63) is 60.8 Å². The number of anilines is 5. The van der Waals surface area contributed by atoms with Crippen molar-refractivity contribution in [3.63, 3.8) is 0 Å². The van der Waals surface area contributed by atoms with Crippen LogP contribution in [0.4, 0.5) is 28.8 Å². The fourth-order valence-electron chi connectivity index (χ4n) is 2.52. The predicted octanol–water partition coefficient (Wildman–Crippen LogP) is 4.71. The van der Waals surface area contributed by atoms with Crippen LogP contribution < -0.4 is 20.7 Å². The Hall–Kier alpha value is -3.61. The van der Waals surface area contributed by atoms with Crippen LogP contribution in [0.5, 0.6) is 5.75 Å². The van der Waals surface area contributed by atoms with Crippen molar-refractivity contribution in [1.29, 1.82) is 0 Å². The summed E-state index contributed by atoms with van der Waals surface area (Å²) < 4.78 is 5.83. The topological polar surface area (TPSA) is 88.2 Å². The maximum atomic E-state index is 11.1. The zero-order chi connectivity index (χ0) is 19.9. The number of nitrogens with zero attached hydrogens (tertiary/aromatic N) is 2. The van der Waals surface area contributed by atoms with Gasteiger partial charge < -0.3 is 20.7 Å². The van der Waals surface area contributed by atoms with Crippen molar-refractivity contribution in [2.45, 2.75) is 26.9 Å². The molecule has 0 fully saturated rings. The lowest BCUT2D eigenvalue weighted by Crippen LogP contribution is -2.08. The third-order valence-corrected chi connectivity index (χ3v) is 3.63. The summed E-state index contributed by atoms with van der Waals surface area (Å²) in [4.78, 5) is 19.8. The third kappa shape index (κ3) is 5.44. The molecule has 2 aromatic carbocycles. The van der Waals surface area contributed by atoms with Crippen molar-refractivity contribution in [2.75, 3.05) is 16.0 Å². The van der Waals surface area contributed by atoms with Crippen molar-refractivity contribution in [1.82, 2.24) is 9.97 Å². The highest BCUT2D eigenvalue weighted by Gasteiger charge is 2.07. The lowest BCUT2D eigenvalue weighted by Gasteiger charge is -2.15. The zero-order valence-corrected chi connectivity index (χ0v) is 16.1. The Kier molecular flexibility index (Phi) is 6.06. The SMILES string of the molecule is CC(=O)Nc1ccc(Nc2nccc(Nc3ccccc3OC(C)C)n2)cc1. The molecule has 3 N–H and O–H groups in total. The lowest BCUT2D eigenvalue weighted by molar-refractivity contribution is -0.114. The smallest absolute Gasteiger partial charge is 0.229 e. The van der Waals surface area contributed by atoms with Gasteiger partial charge in [0.1, 0.15) is 11.6 Å². The second-order valence-electron chi connectivity index (χ2n) is 6.44. The fourth-order valence-corrected chi connectivity index (χ4v) is 2.52. The molecule has 0 unspecified atom stereocenters. The minimum Gasteiger partial charge on any atom is -0.489 e. The fraction of sp³-hybridized carbons (Fsp3) is 0.190. The molecule has 144 valence electrons. The van der Waals surface area contributed by atoms with E-state index in [9.17, 15) is 4.79 Å². The van der Waals surface area contributed by atoms with E-state index >= 15 is 0 Å². The van der Waals surface area contributed by atoms with Crippen LogP contribution in [-0.4, -0.2) is 22.0 Å². The van der Waals surface area contributed by atoms with Gasteiger partial charge in [-0.1, -0.05) is 12.1 Å². The van der Waals surface area contributed by atoms with Gasteiger partial charge in [-0.25, -0.2) is 4.98 Å². The monoisotopic (exact) mass is 377 g/mol. The van der Waals surface area contributed by atoms with Crippen LogP contribution in [0.15, 0.2) is 60.8 Å². The number of ether oxygens (including phenoxy) is 1. The minimum atomic E-state index is -0.107. The van der Waals surface area contributed by atoms with E-state index in [4.69, 9.17) is 4.74 Å². The van der Waals surface area contributed by atoms with Gasteiger partial charge in [0, 0.05) is 24.5 Å². The Morgan fingerprint density at radius 2 is 1.68 bits per heavy atom. The summed E-state index contributed by atoms with van der Waals surface area (Å²) in [5.74, 6) is 1.76. The zero-order valence-electron chi connectivity index (χ0n) is 16.1. The number of hydrogen-bond donors (Lipinski definition) is 3. The Morgan fingerprint density at radius 3 is 2.39 bits per heavy atom. The van der Waals surface area contributed by atoms with Crippen LogP contribution in [-0.2, 0) is 4.79 Å². The minimum absolute atomic E-state index is 0.0750. The molecule has 1 heterocycles. The van der Waals surface area contributed by atoms with Crippen LogP contribution >= 0.6 is 0 Å². The number of benzene rings is 2. The molecule has 3 aromatic rings. The number of rotatable bonds is 7. The molecular formula is C21H23N5O2. The molecule has 0 bridgehead atoms. The molecule has 3 rings (SSSR count). The van der Waals surface area contributed by atoms with Crippen molar-refractivity contribution < 1.29 is 9.53 Å². The number of nitrogens with one attached hydrogen (secondary N) is 3. The summed E-state index contributed by atoms with van der Waals surface area (Å²) in [5.41, 5.74) is 2.38. The lowest BCUT2D eigenvalue weighted by atomic mass is 10.3. The summed E-state index contributed by atoms with van der Waals surface area (Å²) in [7, 11) is 0. The Labute approximate surface area is 164 Å². The maximum Gasteiger partial charge on any atom is 0.229 e. The van der Waals surface area contributed by atoms with E-state index in [0.29, 0.717) is 11.8 Å². The second-order valence-corrected chi connectivity index (χ2v) is 6.44. The van der Waals surface area contributed by atoms with E-state index in [1.807, 2.05) is 62.4 Å². The average molecular weight is 377 g/mol. The first-order valence-corrected chi connectivity index (χ1v) is 9.00. The van der Waals surface area contributed by atoms with E-state index in [0.717, 1.165) is 22.8 Å². The van der Waals surface area contributed by atoms with Gasteiger partial charge in [-0.2, -0.15) is 4.98 Å². The molecule has 0 aliphatic heterocycles. The Balaban J connectivity index is 1.72. The van der Waals surface area contributed by atoms with Crippen LogP contribution in [0.25, 0.3) is 0 Å². The molecule has 0 atom stereocenters. The molecule has 28 heavy (non-hydrogen) atoms. The molecule has 0 saturated heterocycles. The molecule has 7 nitrogen and oxygen atoms in total. The van der Waals surface area contributed by atoms with Gasteiger partial charge in [0.25, 0.3) is 0 Å². The van der Waals surface area contributed by atoms with Gasteiger partial charge in [-0.3, -0.25) is 4.79 Å². The highest BCUT2D eigenvalue weighted by atomic mass is 16.5. The highest BCUT2D eigenvalue weighted by Crippen LogP contribution is 2.28.